The first kappa shape index (κ1) is 12.7. The van der Waals surface area contributed by atoms with Crippen molar-refractivity contribution in [2.45, 2.75) is 6.92 Å². The van der Waals surface area contributed by atoms with Crippen LogP contribution in [0.1, 0.15) is 27.6 Å². The van der Waals surface area contributed by atoms with E-state index in [1.807, 2.05) is 0 Å². The Labute approximate surface area is 96.8 Å². The van der Waals surface area contributed by atoms with E-state index < -0.39 is 23.5 Å². The van der Waals surface area contributed by atoms with Crippen LogP contribution in [0.15, 0.2) is 18.2 Å². The van der Waals surface area contributed by atoms with Gasteiger partial charge in [0.15, 0.2) is 0 Å². The van der Waals surface area contributed by atoms with Crippen molar-refractivity contribution in [1.82, 2.24) is 0 Å². The van der Waals surface area contributed by atoms with Gasteiger partial charge in [-0.2, -0.15) is 0 Å². The van der Waals surface area contributed by atoms with Crippen molar-refractivity contribution in [3.63, 3.8) is 0 Å². The minimum Gasteiger partial charge on any atom is -0.478 e. The van der Waals surface area contributed by atoms with Gasteiger partial charge in [0, 0.05) is 6.92 Å². The zero-order valence-corrected chi connectivity index (χ0v) is 9.22. The number of carboxylic acids is 1. The molecule has 0 atom stereocenters. The fraction of sp³-hybridized carbons (Fsp3) is 0.182. The minimum absolute atomic E-state index is 0.168. The standard InChI is InChI=1S/C11H10O6/c1-6(12)17-8-5-3-4-7(11(15)16-2)9(8)10(13)14/h3-5H,1-2H3,(H,13,14). The molecule has 1 rings (SSSR count). The topological polar surface area (TPSA) is 89.9 Å². The van der Waals surface area contributed by atoms with E-state index in [9.17, 15) is 14.4 Å². The number of hydrogen-bond donors (Lipinski definition) is 1. The minimum atomic E-state index is -1.37. The van der Waals surface area contributed by atoms with E-state index in [1.165, 1.54) is 18.2 Å². The van der Waals surface area contributed by atoms with Gasteiger partial charge in [0.2, 0.25) is 0 Å². The molecule has 1 aromatic carbocycles. The normalized spacial score (nSPS) is 9.53. The zero-order chi connectivity index (χ0) is 13.0. The molecule has 1 aromatic rings. The summed E-state index contributed by atoms with van der Waals surface area (Å²) in [7, 11) is 1.13. The molecular weight excluding hydrogens is 228 g/mol. The molecule has 0 saturated carbocycles. The molecule has 0 fully saturated rings. The van der Waals surface area contributed by atoms with E-state index in [4.69, 9.17) is 9.84 Å². The SMILES string of the molecule is COC(=O)c1cccc(OC(C)=O)c1C(=O)O. The molecule has 0 bridgehead atoms. The molecule has 0 radical (unpaired) electrons. The number of ether oxygens (including phenoxy) is 2. The summed E-state index contributed by atoms with van der Waals surface area (Å²) in [4.78, 5) is 33.2. The second kappa shape index (κ2) is 5.11. The molecule has 6 heteroatoms. The number of esters is 2. The molecule has 90 valence electrons. The summed E-state index contributed by atoms with van der Waals surface area (Å²) in [6, 6.07) is 3.97. The van der Waals surface area contributed by atoms with Gasteiger partial charge in [0.25, 0.3) is 0 Å². The van der Waals surface area contributed by atoms with Crippen LogP contribution in [0.5, 0.6) is 5.75 Å². The Balaban J connectivity index is 3.36. The van der Waals surface area contributed by atoms with Crippen molar-refractivity contribution in [3.05, 3.63) is 29.3 Å². The van der Waals surface area contributed by atoms with Gasteiger partial charge in [0.1, 0.15) is 11.3 Å². The Morgan fingerprint density at radius 3 is 2.35 bits per heavy atom. The first-order chi connectivity index (χ1) is 7.97. The molecule has 0 aliphatic heterocycles. The summed E-state index contributed by atoms with van der Waals surface area (Å²) in [6.07, 6.45) is 0. The average Bonchev–Trinajstić information content (AvgIpc) is 2.26. The summed E-state index contributed by atoms with van der Waals surface area (Å²) in [5.74, 6) is -3.04. The molecular formula is C11H10O6. The number of carboxylic acid groups (broad SMARTS) is 1. The molecule has 0 aliphatic carbocycles. The lowest BCUT2D eigenvalue weighted by molar-refractivity contribution is -0.131. The van der Waals surface area contributed by atoms with E-state index in [0.29, 0.717) is 0 Å². The predicted octanol–water partition coefficient (Wildman–Crippen LogP) is 1.10. The van der Waals surface area contributed by atoms with E-state index in [1.54, 1.807) is 0 Å². The van der Waals surface area contributed by atoms with Crippen LogP contribution in [0.3, 0.4) is 0 Å². The van der Waals surface area contributed by atoms with Crippen molar-refractivity contribution in [1.29, 1.82) is 0 Å². The molecule has 17 heavy (non-hydrogen) atoms. The van der Waals surface area contributed by atoms with Crippen LogP contribution in [0.25, 0.3) is 0 Å². The highest BCUT2D eigenvalue weighted by atomic mass is 16.5. The van der Waals surface area contributed by atoms with Crippen LogP contribution in [0.2, 0.25) is 0 Å². The lowest BCUT2D eigenvalue weighted by Crippen LogP contribution is -2.13. The largest absolute Gasteiger partial charge is 0.478 e. The van der Waals surface area contributed by atoms with Gasteiger partial charge >= 0.3 is 17.9 Å². The monoisotopic (exact) mass is 238 g/mol. The van der Waals surface area contributed by atoms with Crippen LogP contribution < -0.4 is 4.74 Å². The van der Waals surface area contributed by atoms with Crippen molar-refractivity contribution in [2.75, 3.05) is 7.11 Å². The van der Waals surface area contributed by atoms with Crippen LogP contribution in [0.4, 0.5) is 0 Å². The van der Waals surface area contributed by atoms with Crippen LogP contribution >= 0.6 is 0 Å². The van der Waals surface area contributed by atoms with Crippen molar-refractivity contribution in [2.24, 2.45) is 0 Å². The highest BCUT2D eigenvalue weighted by Crippen LogP contribution is 2.23. The van der Waals surface area contributed by atoms with Crippen LogP contribution in [-0.2, 0) is 9.53 Å². The maximum Gasteiger partial charge on any atom is 0.340 e. The third-order valence-corrected chi connectivity index (χ3v) is 1.90. The first-order valence-electron chi connectivity index (χ1n) is 4.60. The molecule has 0 aromatic heterocycles. The number of carbonyl (C=O) groups is 3. The number of rotatable bonds is 3. The van der Waals surface area contributed by atoms with E-state index in [-0.39, 0.29) is 11.3 Å². The van der Waals surface area contributed by atoms with Crippen molar-refractivity contribution in [3.8, 4) is 5.75 Å². The Hall–Kier alpha value is -2.37. The summed E-state index contributed by atoms with van der Waals surface area (Å²) in [5, 5.41) is 9.00. The molecule has 0 unspecified atom stereocenters. The van der Waals surface area contributed by atoms with Crippen LogP contribution in [0, 0.1) is 0 Å². The first-order valence-corrected chi connectivity index (χ1v) is 4.60. The maximum atomic E-state index is 11.4. The number of methoxy groups -OCH3 is 1. The summed E-state index contributed by atoms with van der Waals surface area (Å²) in [5.41, 5.74) is -0.562. The Kier molecular flexibility index (Phi) is 3.82. The average molecular weight is 238 g/mol. The maximum absolute atomic E-state index is 11.4. The fourth-order valence-electron chi connectivity index (χ4n) is 1.27. The van der Waals surface area contributed by atoms with Gasteiger partial charge in [-0.3, -0.25) is 4.79 Å². The van der Waals surface area contributed by atoms with E-state index in [2.05, 4.69) is 4.74 Å². The molecule has 6 nitrogen and oxygen atoms in total. The van der Waals surface area contributed by atoms with Gasteiger partial charge in [0.05, 0.1) is 12.7 Å². The number of aromatic carboxylic acids is 1. The molecule has 0 heterocycles. The fourth-order valence-corrected chi connectivity index (χ4v) is 1.27. The third kappa shape index (κ3) is 2.81. The van der Waals surface area contributed by atoms with E-state index >= 15 is 0 Å². The number of hydrogen-bond acceptors (Lipinski definition) is 5. The molecule has 0 saturated heterocycles. The lowest BCUT2D eigenvalue weighted by atomic mass is 10.1. The third-order valence-electron chi connectivity index (χ3n) is 1.90. The van der Waals surface area contributed by atoms with Crippen molar-refractivity contribution >= 4 is 17.9 Å². The Bertz CT molecular complexity index is 477. The number of carbonyl (C=O) groups excluding carboxylic acids is 2. The summed E-state index contributed by atoms with van der Waals surface area (Å²) in [6.45, 7) is 1.14. The Morgan fingerprint density at radius 2 is 1.88 bits per heavy atom. The smallest absolute Gasteiger partial charge is 0.340 e. The second-order valence-corrected chi connectivity index (χ2v) is 3.07. The van der Waals surface area contributed by atoms with Gasteiger partial charge in [-0.1, -0.05) is 6.07 Å². The Morgan fingerprint density at radius 1 is 1.24 bits per heavy atom. The van der Waals surface area contributed by atoms with Gasteiger partial charge in [-0.25, -0.2) is 9.59 Å². The zero-order valence-electron chi connectivity index (χ0n) is 9.22. The quantitative estimate of drug-likeness (QED) is 0.626. The van der Waals surface area contributed by atoms with Crippen molar-refractivity contribution < 1.29 is 29.0 Å². The molecule has 0 amide bonds. The molecule has 0 aliphatic rings. The van der Waals surface area contributed by atoms with E-state index in [0.717, 1.165) is 14.0 Å². The second-order valence-electron chi connectivity index (χ2n) is 3.07. The summed E-state index contributed by atoms with van der Waals surface area (Å²) >= 11 is 0. The van der Waals surface area contributed by atoms with Gasteiger partial charge in [-0.15, -0.1) is 0 Å². The summed E-state index contributed by atoms with van der Waals surface area (Å²) < 4.78 is 9.16. The number of benzene rings is 1. The molecule has 0 spiro atoms. The van der Waals surface area contributed by atoms with Gasteiger partial charge in [-0.05, 0) is 12.1 Å². The molecule has 1 N–H and O–H groups in total. The highest BCUT2D eigenvalue weighted by Gasteiger charge is 2.22. The lowest BCUT2D eigenvalue weighted by Gasteiger charge is -2.09. The predicted molar refractivity (Wildman–Crippen MR) is 56.0 cm³/mol. The highest BCUT2D eigenvalue weighted by molar-refractivity contribution is 6.04. The van der Waals surface area contributed by atoms with Crippen LogP contribution in [-0.4, -0.2) is 30.1 Å². The van der Waals surface area contributed by atoms with Gasteiger partial charge < -0.3 is 14.6 Å².